The maximum Gasteiger partial charge on any atom is 0.244 e. The molecule has 3 rings (SSSR count). The maximum absolute atomic E-state index is 12.6. The fourth-order valence-electron chi connectivity index (χ4n) is 3.16. The van der Waals surface area contributed by atoms with Gasteiger partial charge in [-0.15, -0.1) is 0 Å². The van der Waals surface area contributed by atoms with Crippen LogP contribution in [0.1, 0.15) is 37.8 Å². The van der Waals surface area contributed by atoms with Gasteiger partial charge in [-0.05, 0) is 30.9 Å². The predicted molar refractivity (Wildman–Crippen MR) is 93.3 cm³/mol. The van der Waals surface area contributed by atoms with Gasteiger partial charge < -0.3 is 0 Å². The predicted octanol–water partition coefficient (Wildman–Crippen LogP) is 3.89. The lowest BCUT2D eigenvalue weighted by Gasteiger charge is -2.18. The van der Waals surface area contributed by atoms with E-state index in [0.717, 1.165) is 18.6 Å². The highest BCUT2D eigenvalue weighted by Gasteiger charge is 2.60. The van der Waals surface area contributed by atoms with Crippen molar-refractivity contribution in [3.63, 3.8) is 0 Å². The number of nitrogens with zero attached hydrogens (tertiary/aromatic N) is 1. The third kappa shape index (κ3) is 2.91. The van der Waals surface area contributed by atoms with Crippen LogP contribution in [0.15, 0.2) is 65.8 Å². The molecule has 118 valence electrons. The molecule has 0 spiro atoms. The second-order valence-corrected chi connectivity index (χ2v) is 6.14. The van der Waals surface area contributed by atoms with Crippen molar-refractivity contribution in [2.45, 2.75) is 32.1 Å². The summed E-state index contributed by atoms with van der Waals surface area (Å²) in [5, 5.41) is 4.17. The van der Waals surface area contributed by atoms with Gasteiger partial charge in [0.2, 0.25) is 5.91 Å². The molecule has 0 unspecified atom stereocenters. The summed E-state index contributed by atoms with van der Waals surface area (Å²) in [5.41, 5.74) is 5.85. The molecule has 23 heavy (non-hydrogen) atoms. The normalized spacial score (nSPS) is 19.2. The molecule has 1 saturated carbocycles. The van der Waals surface area contributed by atoms with E-state index in [-0.39, 0.29) is 17.2 Å². The summed E-state index contributed by atoms with van der Waals surface area (Å²) in [7, 11) is 0. The Bertz CT molecular complexity index is 667. The SMILES string of the molecule is CCC(C)=NNC(=O)[C@@H]1CC1(c1ccccc1)c1ccccc1. The average molecular weight is 306 g/mol. The highest BCUT2D eigenvalue weighted by atomic mass is 16.2. The molecule has 0 aromatic heterocycles. The molecule has 0 radical (unpaired) electrons. The van der Waals surface area contributed by atoms with Crippen molar-refractivity contribution in [1.29, 1.82) is 0 Å². The molecular weight excluding hydrogens is 284 g/mol. The van der Waals surface area contributed by atoms with Gasteiger partial charge in [0.15, 0.2) is 0 Å². The summed E-state index contributed by atoms with van der Waals surface area (Å²) in [6.07, 6.45) is 1.67. The first kappa shape index (κ1) is 15.5. The minimum atomic E-state index is -0.220. The molecule has 0 saturated heterocycles. The van der Waals surface area contributed by atoms with Crippen LogP contribution in [0.5, 0.6) is 0 Å². The molecule has 3 heteroatoms. The smallest absolute Gasteiger partial charge is 0.244 e. The van der Waals surface area contributed by atoms with E-state index in [9.17, 15) is 4.79 Å². The molecule has 2 aromatic rings. The van der Waals surface area contributed by atoms with Crippen LogP contribution in [-0.2, 0) is 10.2 Å². The first-order valence-electron chi connectivity index (χ1n) is 8.12. The number of carbonyl (C=O) groups excluding carboxylic acids is 1. The van der Waals surface area contributed by atoms with Gasteiger partial charge in [0, 0.05) is 11.1 Å². The van der Waals surface area contributed by atoms with E-state index in [1.807, 2.05) is 50.2 Å². The highest BCUT2D eigenvalue weighted by Crippen LogP contribution is 2.58. The lowest BCUT2D eigenvalue weighted by atomic mass is 9.85. The number of carbonyl (C=O) groups is 1. The summed E-state index contributed by atoms with van der Waals surface area (Å²) in [6, 6.07) is 20.6. The zero-order chi connectivity index (χ0) is 16.3. The Labute approximate surface area is 137 Å². The van der Waals surface area contributed by atoms with Crippen LogP contribution in [0.2, 0.25) is 0 Å². The third-order valence-electron chi connectivity index (χ3n) is 4.72. The van der Waals surface area contributed by atoms with Crippen LogP contribution in [0.3, 0.4) is 0 Å². The lowest BCUT2D eigenvalue weighted by molar-refractivity contribution is -0.122. The molecule has 1 fully saturated rings. The van der Waals surface area contributed by atoms with Gasteiger partial charge in [-0.25, -0.2) is 5.43 Å². The van der Waals surface area contributed by atoms with Crippen molar-refractivity contribution < 1.29 is 4.79 Å². The Morgan fingerprint density at radius 1 is 1.09 bits per heavy atom. The summed E-state index contributed by atoms with van der Waals surface area (Å²) >= 11 is 0. The molecule has 1 atom stereocenters. The second kappa shape index (κ2) is 6.37. The number of amides is 1. The van der Waals surface area contributed by atoms with Crippen molar-refractivity contribution in [1.82, 2.24) is 5.43 Å². The average Bonchev–Trinajstić information content (AvgIpc) is 3.38. The Hall–Kier alpha value is -2.42. The van der Waals surface area contributed by atoms with Crippen molar-refractivity contribution in [2.24, 2.45) is 11.0 Å². The van der Waals surface area contributed by atoms with Gasteiger partial charge in [-0.3, -0.25) is 4.79 Å². The zero-order valence-corrected chi connectivity index (χ0v) is 13.6. The first-order chi connectivity index (χ1) is 11.2. The molecule has 1 amide bonds. The van der Waals surface area contributed by atoms with Crippen LogP contribution in [0.25, 0.3) is 0 Å². The van der Waals surface area contributed by atoms with Crippen LogP contribution in [0, 0.1) is 5.92 Å². The van der Waals surface area contributed by atoms with Gasteiger partial charge in [0.25, 0.3) is 0 Å². The Morgan fingerprint density at radius 3 is 2.09 bits per heavy atom. The van der Waals surface area contributed by atoms with E-state index in [1.165, 1.54) is 11.1 Å². The number of hydrogen-bond acceptors (Lipinski definition) is 2. The monoisotopic (exact) mass is 306 g/mol. The Kier molecular flexibility index (Phi) is 4.28. The highest BCUT2D eigenvalue weighted by molar-refractivity contribution is 5.88. The van der Waals surface area contributed by atoms with E-state index >= 15 is 0 Å². The fraction of sp³-hybridized carbons (Fsp3) is 0.300. The van der Waals surface area contributed by atoms with Gasteiger partial charge in [0.05, 0.1) is 5.92 Å². The van der Waals surface area contributed by atoms with E-state index in [2.05, 4.69) is 34.8 Å². The minimum absolute atomic E-state index is 0.00510. The van der Waals surface area contributed by atoms with Gasteiger partial charge >= 0.3 is 0 Å². The van der Waals surface area contributed by atoms with E-state index < -0.39 is 0 Å². The lowest BCUT2D eigenvalue weighted by Crippen LogP contribution is -2.26. The molecule has 1 aliphatic rings. The van der Waals surface area contributed by atoms with Gasteiger partial charge in [0.1, 0.15) is 0 Å². The molecule has 1 N–H and O–H groups in total. The minimum Gasteiger partial charge on any atom is -0.273 e. The third-order valence-corrected chi connectivity index (χ3v) is 4.72. The first-order valence-corrected chi connectivity index (χ1v) is 8.12. The molecule has 0 aliphatic heterocycles. The van der Waals surface area contributed by atoms with Crippen molar-refractivity contribution >= 4 is 11.6 Å². The van der Waals surface area contributed by atoms with E-state index in [0.29, 0.717) is 0 Å². The maximum atomic E-state index is 12.6. The number of hydrogen-bond donors (Lipinski definition) is 1. The van der Waals surface area contributed by atoms with Crippen LogP contribution < -0.4 is 5.43 Å². The van der Waals surface area contributed by atoms with E-state index in [4.69, 9.17) is 0 Å². The van der Waals surface area contributed by atoms with Crippen LogP contribution in [0.4, 0.5) is 0 Å². The van der Waals surface area contributed by atoms with Crippen molar-refractivity contribution in [2.75, 3.05) is 0 Å². The zero-order valence-electron chi connectivity index (χ0n) is 13.6. The molecular formula is C20H22N2O. The molecule has 2 aromatic carbocycles. The second-order valence-electron chi connectivity index (χ2n) is 6.14. The number of hydrazone groups is 1. The molecule has 0 heterocycles. The standard InChI is InChI=1S/C20H22N2O/c1-3-15(2)21-22-19(23)18-14-20(18,16-10-6-4-7-11-16)17-12-8-5-9-13-17/h4-13,18H,3,14H2,1-2H3,(H,22,23)/t18-/m0/s1. The molecule has 1 aliphatic carbocycles. The fourth-order valence-corrected chi connectivity index (χ4v) is 3.16. The summed E-state index contributed by atoms with van der Waals surface area (Å²) in [6.45, 7) is 3.95. The Balaban J connectivity index is 1.91. The summed E-state index contributed by atoms with van der Waals surface area (Å²) in [5.74, 6) is -0.0637. The molecule has 0 bridgehead atoms. The Morgan fingerprint density at radius 2 is 1.61 bits per heavy atom. The molecule has 3 nitrogen and oxygen atoms in total. The largest absolute Gasteiger partial charge is 0.273 e. The quantitative estimate of drug-likeness (QED) is 0.661. The summed E-state index contributed by atoms with van der Waals surface area (Å²) in [4.78, 5) is 12.6. The van der Waals surface area contributed by atoms with E-state index in [1.54, 1.807) is 0 Å². The van der Waals surface area contributed by atoms with Gasteiger partial charge in [-0.2, -0.15) is 5.10 Å². The number of benzene rings is 2. The van der Waals surface area contributed by atoms with Crippen LogP contribution in [-0.4, -0.2) is 11.6 Å². The van der Waals surface area contributed by atoms with Gasteiger partial charge in [-0.1, -0.05) is 67.6 Å². The topological polar surface area (TPSA) is 41.5 Å². The number of rotatable bonds is 5. The van der Waals surface area contributed by atoms with Crippen LogP contribution >= 0.6 is 0 Å². The number of nitrogens with one attached hydrogen (secondary N) is 1. The summed E-state index contributed by atoms with van der Waals surface area (Å²) < 4.78 is 0. The van der Waals surface area contributed by atoms with Crippen molar-refractivity contribution in [3.05, 3.63) is 71.8 Å². The van der Waals surface area contributed by atoms with Crippen molar-refractivity contribution in [3.8, 4) is 0 Å².